The third-order valence-corrected chi connectivity index (χ3v) is 3.89. The molecule has 0 saturated heterocycles. The molecule has 0 spiro atoms. The maximum atomic E-state index is 11.7. The topological polar surface area (TPSA) is 79.1 Å². The number of carbonyl (C=O) groups excluding carboxylic acids is 1. The smallest absolute Gasteiger partial charge is 0.253 e. The first kappa shape index (κ1) is 11.8. The lowest BCUT2D eigenvalue weighted by Crippen LogP contribution is -2.11. The highest BCUT2D eigenvalue weighted by atomic mass is 16.3. The van der Waals surface area contributed by atoms with Crippen molar-refractivity contribution in [2.45, 2.75) is 0 Å². The van der Waals surface area contributed by atoms with Crippen molar-refractivity contribution in [1.29, 1.82) is 0 Å². The molecule has 0 aliphatic rings. The van der Waals surface area contributed by atoms with E-state index in [4.69, 9.17) is 5.73 Å². The first-order valence-corrected chi connectivity index (χ1v) is 6.62. The van der Waals surface area contributed by atoms with Gasteiger partial charge in [-0.25, -0.2) is 0 Å². The Morgan fingerprint density at radius 2 is 1.76 bits per heavy atom. The molecule has 1 heterocycles. The van der Waals surface area contributed by atoms with Gasteiger partial charge in [-0.15, -0.1) is 0 Å². The molecule has 0 aliphatic heterocycles. The number of H-pyrrole nitrogens is 1. The summed E-state index contributed by atoms with van der Waals surface area (Å²) in [6.45, 7) is 0. The van der Waals surface area contributed by atoms with Gasteiger partial charge in [-0.05, 0) is 17.5 Å². The van der Waals surface area contributed by atoms with Crippen LogP contribution in [0.1, 0.15) is 10.4 Å². The molecule has 0 bridgehead atoms. The van der Waals surface area contributed by atoms with Crippen LogP contribution in [0, 0.1) is 0 Å². The number of nitrogens with two attached hydrogens (primary N) is 1. The Balaban J connectivity index is 2.32. The molecule has 0 unspecified atom stereocenters. The minimum atomic E-state index is -0.635. The quantitative estimate of drug-likeness (QED) is 0.499. The molecule has 1 aromatic heterocycles. The van der Waals surface area contributed by atoms with E-state index < -0.39 is 5.91 Å². The van der Waals surface area contributed by atoms with Gasteiger partial charge in [0.05, 0.1) is 11.1 Å². The maximum Gasteiger partial charge on any atom is 0.253 e. The first-order valence-electron chi connectivity index (χ1n) is 6.62. The number of amides is 1. The van der Waals surface area contributed by atoms with Crippen LogP contribution in [0.15, 0.2) is 48.5 Å². The normalized spacial score (nSPS) is 11.4. The zero-order valence-corrected chi connectivity index (χ0v) is 11.1. The van der Waals surface area contributed by atoms with Crippen molar-refractivity contribution in [2.75, 3.05) is 0 Å². The van der Waals surface area contributed by atoms with Gasteiger partial charge < -0.3 is 15.8 Å². The van der Waals surface area contributed by atoms with E-state index in [1.165, 1.54) is 6.07 Å². The van der Waals surface area contributed by atoms with Gasteiger partial charge in [0.1, 0.15) is 5.75 Å². The number of rotatable bonds is 1. The molecule has 0 aliphatic carbocycles. The van der Waals surface area contributed by atoms with E-state index in [-0.39, 0.29) is 11.3 Å². The number of aromatic hydroxyl groups is 1. The Kier molecular flexibility index (Phi) is 2.24. The molecule has 21 heavy (non-hydrogen) atoms. The van der Waals surface area contributed by atoms with Crippen LogP contribution in [0.5, 0.6) is 5.75 Å². The summed E-state index contributed by atoms with van der Waals surface area (Å²) in [5.74, 6) is -0.731. The Labute approximate surface area is 119 Å². The van der Waals surface area contributed by atoms with Crippen molar-refractivity contribution in [1.82, 2.24) is 4.98 Å². The van der Waals surface area contributed by atoms with Crippen molar-refractivity contribution in [3.8, 4) is 5.75 Å². The Morgan fingerprint density at radius 3 is 2.57 bits per heavy atom. The van der Waals surface area contributed by atoms with Crippen molar-refractivity contribution >= 4 is 38.5 Å². The van der Waals surface area contributed by atoms with Gasteiger partial charge in [0.25, 0.3) is 5.91 Å². The van der Waals surface area contributed by atoms with Crippen molar-refractivity contribution < 1.29 is 9.90 Å². The lowest BCUT2D eigenvalue weighted by molar-refractivity contribution is 0.0999. The molecule has 4 rings (SSSR count). The number of nitrogens with one attached hydrogen (secondary N) is 1. The summed E-state index contributed by atoms with van der Waals surface area (Å²) in [4.78, 5) is 15.1. The van der Waals surface area contributed by atoms with Crippen LogP contribution in [-0.4, -0.2) is 16.0 Å². The van der Waals surface area contributed by atoms with Gasteiger partial charge in [0.15, 0.2) is 0 Å². The monoisotopic (exact) mass is 276 g/mol. The third kappa shape index (κ3) is 1.53. The molecule has 0 radical (unpaired) electrons. The van der Waals surface area contributed by atoms with E-state index >= 15 is 0 Å². The van der Waals surface area contributed by atoms with Crippen molar-refractivity contribution in [3.63, 3.8) is 0 Å². The van der Waals surface area contributed by atoms with Crippen molar-refractivity contribution in [2.24, 2.45) is 5.73 Å². The lowest BCUT2D eigenvalue weighted by Gasteiger charge is -2.07. The highest BCUT2D eigenvalue weighted by Crippen LogP contribution is 2.35. The molecule has 4 aromatic rings. The summed E-state index contributed by atoms with van der Waals surface area (Å²) < 4.78 is 0. The number of fused-ring (bicyclic) bond motifs is 5. The second kappa shape index (κ2) is 3.99. The third-order valence-electron chi connectivity index (χ3n) is 3.89. The molecule has 0 atom stereocenters. The highest BCUT2D eigenvalue weighted by Gasteiger charge is 2.16. The number of para-hydroxylation sites is 1. The largest absolute Gasteiger partial charge is 0.507 e. The second-order valence-electron chi connectivity index (χ2n) is 5.08. The van der Waals surface area contributed by atoms with Gasteiger partial charge in [-0.1, -0.05) is 36.4 Å². The number of primary amides is 1. The van der Waals surface area contributed by atoms with Crippen molar-refractivity contribution in [3.05, 3.63) is 54.1 Å². The van der Waals surface area contributed by atoms with Crippen LogP contribution < -0.4 is 5.73 Å². The standard InChI is InChI=1S/C17H12N2O2/c18-17(21)15-13(20)8-6-9-5-7-11-10-3-1-2-4-12(10)19-16(11)14(9)15/h1-8,19-20H,(H2,18,21). The fourth-order valence-corrected chi connectivity index (χ4v) is 2.97. The van der Waals surface area contributed by atoms with Gasteiger partial charge in [0, 0.05) is 21.7 Å². The summed E-state index contributed by atoms with van der Waals surface area (Å²) in [5, 5.41) is 13.6. The van der Waals surface area contributed by atoms with Crippen LogP contribution in [0.4, 0.5) is 0 Å². The van der Waals surface area contributed by atoms with Gasteiger partial charge >= 0.3 is 0 Å². The summed E-state index contributed by atoms with van der Waals surface area (Å²) in [5.41, 5.74) is 7.41. The summed E-state index contributed by atoms with van der Waals surface area (Å²) in [7, 11) is 0. The number of aromatic amines is 1. The van der Waals surface area contributed by atoms with Gasteiger partial charge in [0.2, 0.25) is 0 Å². The molecule has 4 heteroatoms. The van der Waals surface area contributed by atoms with E-state index in [0.29, 0.717) is 5.39 Å². The number of hydrogen-bond acceptors (Lipinski definition) is 2. The van der Waals surface area contributed by atoms with E-state index in [1.54, 1.807) is 6.07 Å². The van der Waals surface area contributed by atoms with Gasteiger partial charge in [-0.2, -0.15) is 0 Å². The maximum absolute atomic E-state index is 11.7. The summed E-state index contributed by atoms with van der Waals surface area (Å²) in [6, 6.07) is 15.1. The molecule has 0 fully saturated rings. The van der Waals surface area contributed by atoms with Gasteiger partial charge in [-0.3, -0.25) is 4.79 Å². The molecular formula is C17H12N2O2. The number of aromatic nitrogens is 1. The molecule has 3 aromatic carbocycles. The molecule has 4 nitrogen and oxygen atoms in total. The predicted molar refractivity (Wildman–Crippen MR) is 83.5 cm³/mol. The van der Waals surface area contributed by atoms with E-state index in [9.17, 15) is 9.90 Å². The minimum Gasteiger partial charge on any atom is -0.507 e. The number of benzene rings is 3. The van der Waals surface area contributed by atoms with Crippen LogP contribution >= 0.6 is 0 Å². The number of phenols is 1. The fourth-order valence-electron chi connectivity index (χ4n) is 2.97. The fraction of sp³-hybridized carbons (Fsp3) is 0. The molecule has 102 valence electrons. The average molecular weight is 276 g/mol. The van der Waals surface area contributed by atoms with Crippen LogP contribution in [-0.2, 0) is 0 Å². The molecule has 0 saturated carbocycles. The Bertz CT molecular complexity index is 1030. The highest BCUT2D eigenvalue weighted by molar-refractivity contribution is 6.22. The Hall–Kier alpha value is -3.01. The zero-order chi connectivity index (χ0) is 14.6. The lowest BCUT2D eigenvalue weighted by atomic mass is 10.00. The Morgan fingerprint density at radius 1 is 1.00 bits per heavy atom. The molecule has 1 amide bonds. The predicted octanol–water partition coefficient (Wildman–Crippen LogP) is 3.28. The van der Waals surface area contributed by atoms with Crippen LogP contribution in [0.25, 0.3) is 32.6 Å². The molecule has 4 N–H and O–H groups in total. The van der Waals surface area contributed by atoms with E-state index in [2.05, 4.69) is 4.98 Å². The SMILES string of the molecule is NC(=O)c1c(O)ccc2ccc3c4ccccc4[nH]c3c12. The number of hydrogen-bond donors (Lipinski definition) is 3. The number of carbonyl (C=O) groups is 1. The molecular weight excluding hydrogens is 264 g/mol. The first-order chi connectivity index (χ1) is 10.2. The van der Waals surface area contributed by atoms with E-state index in [1.807, 2.05) is 36.4 Å². The minimum absolute atomic E-state index is 0.0962. The van der Waals surface area contributed by atoms with E-state index in [0.717, 1.165) is 27.2 Å². The second-order valence-corrected chi connectivity index (χ2v) is 5.08. The van der Waals surface area contributed by atoms with Crippen LogP contribution in [0.3, 0.4) is 0 Å². The summed E-state index contributed by atoms with van der Waals surface area (Å²) in [6.07, 6.45) is 0. The average Bonchev–Trinajstić information content (AvgIpc) is 2.85. The summed E-state index contributed by atoms with van der Waals surface area (Å²) >= 11 is 0. The van der Waals surface area contributed by atoms with Crippen LogP contribution in [0.2, 0.25) is 0 Å². The zero-order valence-electron chi connectivity index (χ0n) is 11.1.